The zero-order valence-corrected chi connectivity index (χ0v) is 7.82. The van der Waals surface area contributed by atoms with Crippen molar-refractivity contribution in [1.29, 1.82) is 0 Å². The number of aromatic nitrogens is 4. The summed E-state index contributed by atoms with van der Waals surface area (Å²) in [6.07, 6.45) is 1.67. The number of hydrogen-bond acceptors (Lipinski definition) is 4. The molecule has 0 unspecified atom stereocenters. The van der Waals surface area contributed by atoms with E-state index in [9.17, 15) is 0 Å². The summed E-state index contributed by atoms with van der Waals surface area (Å²) in [4.78, 5) is 0.374. The van der Waals surface area contributed by atoms with Gasteiger partial charge in [0.2, 0.25) is 0 Å². The second-order valence-corrected chi connectivity index (χ2v) is 2.88. The average Bonchev–Trinajstić information content (AvgIpc) is 2.58. The second-order valence-electron chi connectivity index (χ2n) is 2.20. The van der Waals surface area contributed by atoms with E-state index in [1.807, 2.05) is 7.05 Å². The van der Waals surface area contributed by atoms with E-state index >= 15 is 0 Å². The van der Waals surface area contributed by atoms with Crippen LogP contribution in [0.4, 0.5) is 0 Å². The van der Waals surface area contributed by atoms with Crippen molar-refractivity contribution in [3.63, 3.8) is 0 Å². The molecule has 5 nitrogen and oxygen atoms in total. The Hall–Kier alpha value is -1.17. The molecule has 0 spiro atoms. The fourth-order valence-corrected chi connectivity index (χ4v) is 1.13. The Morgan fingerprint density at radius 2 is 2.33 bits per heavy atom. The average molecular weight is 229 g/mol. The van der Waals surface area contributed by atoms with Crippen LogP contribution in [0.25, 0.3) is 11.6 Å². The molecule has 2 heterocycles. The van der Waals surface area contributed by atoms with Crippen molar-refractivity contribution in [2.45, 2.75) is 0 Å². The van der Waals surface area contributed by atoms with E-state index in [1.165, 1.54) is 0 Å². The Morgan fingerprint density at radius 3 is 2.83 bits per heavy atom. The van der Waals surface area contributed by atoms with Gasteiger partial charge in [-0.15, -0.1) is 10.2 Å². The van der Waals surface area contributed by atoms with Crippen LogP contribution < -0.4 is 0 Å². The highest BCUT2D eigenvalue weighted by Crippen LogP contribution is 2.18. The topological polar surface area (TPSA) is 56.7 Å². The summed E-state index contributed by atoms with van der Waals surface area (Å²) in [6, 6.07) is 1.81. The smallest absolute Gasteiger partial charge is 0.285 e. The van der Waals surface area contributed by atoms with E-state index in [4.69, 9.17) is 4.42 Å². The van der Waals surface area contributed by atoms with Crippen molar-refractivity contribution >= 4 is 15.9 Å². The standard InChI is InChI=1S/C6H5BrN4O/c1-11-4(2-3-8-11)5-9-10-6(7)12-5/h2-3H,1H3. The third-order valence-electron chi connectivity index (χ3n) is 1.44. The quantitative estimate of drug-likeness (QED) is 0.737. The summed E-state index contributed by atoms with van der Waals surface area (Å²) < 4.78 is 6.81. The molecular weight excluding hydrogens is 224 g/mol. The molecule has 0 fully saturated rings. The molecular formula is C6H5BrN4O. The first-order valence-electron chi connectivity index (χ1n) is 3.25. The zero-order chi connectivity index (χ0) is 8.55. The monoisotopic (exact) mass is 228 g/mol. The van der Waals surface area contributed by atoms with Crippen LogP contribution in [-0.2, 0) is 7.05 Å². The molecule has 0 saturated carbocycles. The van der Waals surface area contributed by atoms with Gasteiger partial charge in [-0.25, -0.2) is 0 Å². The maximum absolute atomic E-state index is 5.14. The first kappa shape index (κ1) is 7.48. The minimum Gasteiger partial charge on any atom is -0.409 e. The Balaban J connectivity index is 2.50. The second kappa shape index (κ2) is 2.71. The summed E-state index contributed by atoms with van der Waals surface area (Å²) in [5.74, 6) is 0.460. The van der Waals surface area contributed by atoms with Crippen LogP contribution in [0.1, 0.15) is 0 Å². The molecule has 62 valence electrons. The predicted octanol–water partition coefficient (Wildman–Crippen LogP) is 1.23. The van der Waals surface area contributed by atoms with Gasteiger partial charge < -0.3 is 4.42 Å². The molecule has 2 aromatic rings. The van der Waals surface area contributed by atoms with Crippen LogP contribution in [0, 0.1) is 0 Å². The van der Waals surface area contributed by atoms with Crippen molar-refractivity contribution in [1.82, 2.24) is 20.0 Å². The lowest BCUT2D eigenvalue weighted by molar-refractivity contribution is 0.533. The Kier molecular flexibility index (Phi) is 1.69. The number of rotatable bonds is 1. The Labute approximate surface area is 76.5 Å². The van der Waals surface area contributed by atoms with Gasteiger partial charge in [0.05, 0.1) is 0 Å². The molecule has 0 radical (unpaired) electrons. The molecule has 0 aliphatic carbocycles. The minimum absolute atomic E-state index is 0.374. The molecule has 0 aliphatic heterocycles. The number of halogens is 1. The fourth-order valence-electron chi connectivity index (χ4n) is 0.893. The number of aryl methyl sites for hydroxylation is 1. The third kappa shape index (κ3) is 1.14. The highest BCUT2D eigenvalue weighted by molar-refractivity contribution is 9.10. The summed E-state index contributed by atoms with van der Waals surface area (Å²) in [7, 11) is 1.81. The van der Waals surface area contributed by atoms with E-state index < -0.39 is 0 Å². The number of nitrogens with zero attached hydrogens (tertiary/aromatic N) is 4. The van der Waals surface area contributed by atoms with E-state index in [2.05, 4.69) is 31.2 Å². The molecule has 12 heavy (non-hydrogen) atoms. The first-order chi connectivity index (χ1) is 5.77. The SMILES string of the molecule is Cn1nccc1-c1nnc(Br)o1. The van der Waals surface area contributed by atoms with Crippen molar-refractivity contribution < 1.29 is 4.42 Å². The van der Waals surface area contributed by atoms with Gasteiger partial charge in [0.25, 0.3) is 10.7 Å². The molecule has 0 aliphatic rings. The van der Waals surface area contributed by atoms with Gasteiger partial charge in [0.1, 0.15) is 5.69 Å². The van der Waals surface area contributed by atoms with Crippen LogP contribution in [0.3, 0.4) is 0 Å². The summed E-state index contributed by atoms with van der Waals surface area (Å²) in [5, 5.41) is 11.4. The fraction of sp³-hybridized carbons (Fsp3) is 0.167. The number of hydrogen-bond donors (Lipinski definition) is 0. The Bertz CT molecular complexity index is 394. The lowest BCUT2D eigenvalue weighted by atomic mass is 10.4. The van der Waals surface area contributed by atoms with E-state index in [1.54, 1.807) is 16.9 Å². The summed E-state index contributed by atoms with van der Waals surface area (Å²) in [5.41, 5.74) is 0.799. The molecule has 0 aromatic carbocycles. The first-order valence-corrected chi connectivity index (χ1v) is 4.04. The van der Waals surface area contributed by atoms with Crippen LogP contribution in [-0.4, -0.2) is 20.0 Å². The molecule has 2 rings (SSSR count). The third-order valence-corrected chi connectivity index (χ3v) is 1.76. The molecule has 0 amide bonds. The zero-order valence-electron chi connectivity index (χ0n) is 6.23. The van der Waals surface area contributed by atoms with Gasteiger partial charge in [0.15, 0.2) is 0 Å². The summed E-state index contributed by atoms with van der Waals surface area (Å²) >= 11 is 3.07. The van der Waals surface area contributed by atoms with Gasteiger partial charge in [-0.2, -0.15) is 5.10 Å². The van der Waals surface area contributed by atoms with Crippen molar-refractivity contribution in [2.24, 2.45) is 7.05 Å². The van der Waals surface area contributed by atoms with Gasteiger partial charge in [-0.05, 0) is 6.07 Å². The largest absolute Gasteiger partial charge is 0.409 e. The van der Waals surface area contributed by atoms with Crippen LogP contribution in [0.5, 0.6) is 0 Å². The maximum Gasteiger partial charge on any atom is 0.285 e. The molecule has 0 N–H and O–H groups in total. The molecule has 0 saturated heterocycles. The minimum atomic E-state index is 0.374. The van der Waals surface area contributed by atoms with Gasteiger partial charge in [-0.3, -0.25) is 4.68 Å². The van der Waals surface area contributed by atoms with Crippen molar-refractivity contribution in [3.05, 3.63) is 17.1 Å². The van der Waals surface area contributed by atoms with Gasteiger partial charge in [-0.1, -0.05) is 0 Å². The maximum atomic E-state index is 5.14. The van der Waals surface area contributed by atoms with Gasteiger partial charge in [0, 0.05) is 29.2 Å². The normalized spacial score (nSPS) is 10.5. The van der Waals surface area contributed by atoms with E-state index in [-0.39, 0.29) is 0 Å². The van der Waals surface area contributed by atoms with E-state index in [0.29, 0.717) is 10.7 Å². The van der Waals surface area contributed by atoms with Crippen molar-refractivity contribution in [2.75, 3.05) is 0 Å². The van der Waals surface area contributed by atoms with E-state index in [0.717, 1.165) is 5.69 Å². The van der Waals surface area contributed by atoms with Crippen LogP contribution >= 0.6 is 15.9 Å². The predicted molar refractivity (Wildman–Crippen MR) is 44.2 cm³/mol. The van der Waals surface area contributed by atoms with Gasteiger partial charge >= 0.3 is 0 Å². The molecule has 0 bridgehead atoms. The summed E-state index contributed by atoms with van der Waals surface area (Å²) in [6.45, 7) is 0. The Morgan fingerprint density at radius 1 is 1.50 bits per heavy atom. The lowest BCUT2D eigenvalue weighted by Gasteiger charge is -1.92. The van der Waals surface area contributed by atoms with Crippen molar-refractivity contribution in [3.8, 4) is 11.6 Å². The molecule has 2 aromatic heterocycles. The van der Waals surface area contributed by atoms with Crippen LogP contribution in [0.15, 0.2) is 21.5 Å². The molecule has 6 heteroatoms. The highest BCUT2D eigenvalue weighted by atomic mass is 79.9. The van der Waals surface area contributed by atoms with Crippen LogP contribution in [0.2, 0.25) is 0 Å². The lowest BCUT2D eigenvalue weighted by Crippen LogP contribution is -1.92. The highest BCUT2D eigenvalue weighted by Gasteiger charge is 2.09. The molecule has 0 atom stereocenters.